The first-order valence-electron chi connectivity index (χ1n) is 7.71. The minimum Gasteiger partial charge on any atom is -0.479 e. The van der Waals surface area contributed by atoms with E-state index in [1.807, 2.05) is 4.90 Å². The van der Waals surface area contributed by atoms with Crippen LogP contribution in [0.5, 0.6) is 5.88 Å². The molecule has 0 amide bonds. The van der Waals surface area contributed by atoms with Crippen molar-refractivity contribution in [1.82, 2.24) is 14.9 Å². The van der Waals surface area contributed by atoms with Gasteiger partial charge in [0.25, 0.3) is 5.88 Å². The van der Waals surface area contributed by atoms with Gasteiger partial charge in [0.1, 0.15) is 0 Å². The van der Waals surface area contributed by atoms with Crippen molar-refractivity contribution in [2.24, 2.45) is 5.92 Å². The lowest BCUT2D eigenvalue weighted by Gasteiger charge is -2.42. The molecular weight excluding hydrogens is 287 g/mol. The second-order valence-electron chi connectivity index (χ2n) is 6.03. The average Bonchev–Trinajstić information content (AvgIpc) is 2.49. The highest BCUT2D eigenvalue weighted by Crippen LogP contribution is 2.21. The van der Waals surface area contributed by atoms with E-state index < -0.39 is 5.82 Å². The Morgan fingerprint density at radius 1 is 1.45 bits per heavy atom. The number of nitrogens with zero attached hydrogens (tertiary/aromatic N) is 4. The van der Waals surface area contributed by atoms with Gasteiger partial charge in [-0.15, -0.1) is 0 Å². The van der Waals surface area contributed by atoms with Gasteiger partial charge in [0, 0.05) is 38.8 Å². The maximum Gasteiger partial charge on any atom is 0.255 e. The summed E-state index contributed by atoms with van der Waals surface area (Å²) in [6.07, 6.45) is 1.85. The van der Waals surface area contributed by atoms with Crippen molar-refractivity contribution in [3.8, 4) is 5.88 Å². The van der Waals surface area contributed by atoms with Crippen molar-refractivity contribution in [2.45, 2.75) is 26.3 Å². The third-order valence-electron chi connectivity index (χ3n) is 3.84. The zero-order chi connectivity index (χ0) is 16.1. The van der Waals surface area contributed by atoms with Crippen molar-refractivity contribution >= 4 is 5.95 Å². The van der Waals surface area contributed by atoms with Crippen LogP contribution in [0.15, 0.2) is 6.20 Å². The Bertz CT molecular complexity index is 487. The van der Waals surface area contributed by atoms with Gasteiger partial charge in [-0.2, -0.15) is 9.37 Å². The second kappa shape index (κ2) is 7.69. The van der Waals surface area contributed by atoms with Crippen molar-refractivity contribution < 1.29 is 14.2 Å². The van der Waals surface area contributed by atoms with Crippen LogP contribution < -0.4 is 9.64 Å². The summed E-state index contributed by atoms with van der Waals surface area (Å²) in [6.45, 7) is 7.93. The molecule has 1 aliphatic heterocycles. The minimum atomic E-state index is -0.559. The summed E-state index contributed by atoms with van der Waals surface area (Å²) >= 11 is 0. The molecule has 1 unspecified atom stereocenters. The lowest BCUT2D eigenvalue weighted by atomic mass is 10.1. The SMILES string of the molecule is COc1nc(N2CCN(CC(C)C)C(CCO)C2)ncc1F. The predicted molar refractivity (Wildman–Crippen MR) is 82.7 cm³/mol. The summed E-state index contributed by atoms with van der Waals surface area (Å²) < 4.78 is 18.4. The van der Waals surface area contributed by atoms with Crippen molar-refractivity contribution in [2.75, 3.05) is 44.8 Å². The summed E-state index contributed by atoms with van der Waals surface area (Å²) in [5, 5.41) is 9.30. The number of hydrogen-bond acceptors (Lipinski definition) is 6. The molecule has 0 bridgehead atoms. The van der Waals surface area contributed by atoms with E-state index in [0.717, 1.165) is 32.4 Å². The molecule has 6 nitrogen and oxygen atoms in total. The quantitative estimate of drug-likeness (QED) is 0.850. The van der Waals surface area contributed by atoms with Gasteiger partial charge in [-0.05, 0) is 12.3 Å². The standard InChI is InChI=1S/C15H25FN4O2/c1-11(2)9-19-5-6-20(10-12(19)4-7-21)15-17-8-13(16)14(18-15)22-3/h8,11-12,21H,4-7,9-10H2,1-3H3. The molecular formula is C15H25FN4O2. The maximum absolute atomic E-state index is 13.4. The Hall–Kier alpha value is -1.47. The molecule has 0 aromatic carbocycles. The number of ether oxygens (including phenoxy) is 1. The molecule has 1 aliphatic rings. The van der Waals surface area contributed by atoms with Crippen LogP contribution >= 0.6 is 0 Å². The summed E-state index contributed by atoms with van der Waals surface area (Å²) in [4.78, 5) is 12.6. The van der Waals surface area contributed by atoms with Crippen LogP contribution in [0.4, 0.5) is 10.3 Å². The first kappa shape index (κ1) is 16.9. The summed E-state index contributed by atoms with van der Waals surface area (Å²) in [5.41, 5.74) is 0. The van der Waals surface area contributed by atoms with E-state index in [0.29, 0.717) is 18.3 Å². The molecule has 2 rings (SSSR count). The lowest BCUT2D eigenvalue weighted by molar-refractivity contribution is 0.128. The van der Waals surface area contributed by atoms with Gasteiger partial charge in [-0.25, -0.2) is 4.98 Å². The normalized spacial score (nSPS) is 19.7. The van der Waals surface area contributed by atoms with Gasteiger partial charge >= 0.3 is 0 Å². The molecule has 2 heterocycles. The molecule has 1 N–H and O–H groups in total. The highest BCUT2D eigenvalue weighted by Gasteiger charge is 2.28. The van der Waals surface area contributed by atoms with Crippen LogP contribution in [0.1, 0.15) is 20.3 Å². The highest BCUT2D eigenvalue weighted by atomic mass is 19.1. The summed E-state index contributed by atoms with van der Waals surface area (Å²) in [6, 6.07) is 0.251. The molecule has 0 spiro atoms. The van der Waals surface area contributed by atoms with E-state index in [-0.39, 0.29) is 18.5 Å². The molecule has 1 aromatic heterocycles. The molecule has 1 aromatic rings. The van der Waals surface area contributed by atoms with Crippen LogP contribution in [0.3, 0.4) is 0 Å². The molecule has 1 atom stereocenters. The third-order valence-corrected chi connectivity index (χ3v) is 3.84. The van der Waals surface area contributed by atoms with Crippen LogP contribution in [0.2, 0.25) is 0 Å². The minimum absolute atomic E-state index is 0.0340. The topological polar surface area (TPSA) is 61.7 Å². The number of piperazine rings is 1. The Morgan fingerprint density at radius 2 is 2.23 bits per heavy atom. The molecule has 7 heteroatoms. The summed E-state index contributed by atoms with van der Waals surface area (Å²) in [5.74, 6) is 0.463. The molecule has 124 valence electrons. The molecule has 22 heavy (non-hydrogen) atoms. The number of aromatic nitrogens is 2. The predicted octanol–water partition coefficient (Wildman–Crippen LogP) is 1.15. The lowest BCUT2D eigenvalue weighted by Crippen LogP contribution is -2.54. The van der Waals surface area contributed by atoms with Crippen LogP contribution in [0.25, 0.3) is 0 Å². The van der Waals surface area contributed by atoms with E-state index in [1.54, 1.807) is 0 Å². The Balaban J connectivity index is 2.10. The van der Waals surface area contributed by atoms with Crippen LogP contribution in [-0.4, -0.2) is 65.9 Å². The van der Waals surface area contributed by atoms with Crippen LogP contribution in [0, 0.1) is 11.7 Å². The summed E-state index contributed by atoms with van der Waals surface area (Å²) in [7, 11) is 1.39. The number of aliphatic hydroxyl groups is 1. The molecule has 0 radical (unpaired) electrons. The fourth-order valence-electron chi connectivity index (χ4n) is 2.85. The Kier molecular flexibility index (Phi) is 5.90. The second-order valence-corrected chi connectivity index (χ2v) is 6.03. The fraction of sp³-hybridized carbons (Fsp3) is 0.733. The first-order chi connectivity index (χ1) is 10.5. The van der Waals surface area contributed by atoms with E-state index in [4.69, 9.17) is 4.74 Å². The molecule has 0 saturated carbocycles. The van der Waals surface area contributed by atoms with Gasteiger partial charge in [-0.1, -0.05) is 13.8 Å². The van der Waals surface area contributed by atoms with E-state index in [1.165, 1.54) is 7.11 Å². The number of anilines is 1. The van der Waals surface area contributed by atoms with Crippen LogP contribution in [-0.2, 0) is 0 Å². The first-order valence-corrected chi connectivity index (χ1v) is 7.71. The Labute approximate surface area is 130 Å². The molecule has 1 fully saturated rings. The van der Waals surface area contributed by atoms with Gasteiger partial charge in [0.05, 0.1) is 13.3 Å². The van der Waals surface area contributed by atoms with Crippen molar-refractivity contribution in [3.63, 3.8) is 0 Å². The van der Waals surface area contributed by atoms with Gasteiger partial charge in [0.2, 0.25) is 11.8 Å². The monoisotopic (exact) mass is 312 g/mol. The van der Waals surface area contributed by atoms with E-state index >= 15 is 0 Å². The highest BCUT2D eigenvalue weighted by molar-refractivity contribution is 5.34. The Morgan fingerprint density at radius 3 is 2.86 bits per heavy atom. The zero-order valence-corrected chi connectivity index (χ0v) is 13.5. The van der Waals surface area contributed by atoms with Crippen molar-refractivity contribution in [3.05, 3.63) is 12.0 Å². The smallest absolute Gasteiger partial charge is 0.255 e. The molecule has 1 saturated heterocycles. The fourth-order valence-corrected chi connectivity index (χ4v) is 2.85. The van der Waals surface area contributed by atoms with Gasteiger partial charge in [-0.3, -0.25) is 4.90 Å². The van der Waals surface area contributed by atoms with Gasteiger partial charge < -0.3 is 14.7 Å². The number of hydrogen-bond donors (Lipinski definition) is 1. The zero-order valence-electron chi connectivity index (χ0n) is 13.5. The van der Waals surface area contributed by atoms with E-state index in [9.17, 15) is 9.50 Å². The third kappa shape index (κ3) is 4.04. The average molecular weight is 312 g/mol. The number of halogens is 1. The largest absolute Gasteiger partial charge is 0.479 e. The number of aliphatic hydroxyl groups excluding tert-OH is 1. The van der Waals surface area contributed by atoms with Gasteiger partial charge in [0.15, 0.2) is 0 Å². The number of rotatable bonds is 6. The molecule has 0 aliphatic carbocycles. The van der Waals surface area contributed by atoms with Crippen molar-refractivity contribution in [1.29, 1.82) is 0 Å². The van der Waals surface area contributed by atoms with E-state index in [2.05, 4.69) is 28.7 Å². The number of methoxy groups -OCH3 is 1. The maximum atomic E-state index is 13.4.